The maximum atomic E-state index is 11.4. The fourth-order valence-electron chi connectivity index (χ4n) is 3.39. The van der Waals surface area contributed by atoms with E-state index in [1.54, 1.807) is 12.1 Å². The topological polar surface area (TPSA) is 64.0 Å². The van der Waals surface area contributed by atoms with E-state index < -0.39 is 10.0 Å². The van der Waals surface area contributed by atoms with Gasteiger partial charge in [0.1, 0.15) is 0 Å². The lowest BCUT2D eigenvalue weighted by Gasteiger charge is -2.10. The average Bonchev–Trinajstić information content (AvgIpc) is 3.03. The molecule has 0 unspecified atom stereocenters. The van der Waals surface area contributed by atoms with Gasteiger partial charge < -0.3 is 0 Å². The Morgan fingerprint density at radius 2 is 1.68 bits per heavy atom. The number of aromatic nitrogens is 2. The fraction of sp³-hybridized carbons (Fsp3) is 0.136. The van der Waals surface area contributed by atoms with E-state index in [1.165, 1.54) is 16.3 Å². The van der Waals surface area contributed by atoms with Crippen molar-refractivity contribution in [1.29, 1.82) is 0 Å². The molecule has 0 aliphatic rings. The van der Waals surface area contributed by atoms with Crippen LogP contribution in [-0.4, -0.2) is 24.5 Å². The molecule has 4 rings (SSSR count). The molecule has 0 aliphatic heterocycles. The van der Waals surface area contributed by atoms with Gasteiger partial charge in [-0.25, -0.2) is 13.1 Å². The molecule has 0 spiro atoms. The quantitative estimate of drug-likeness (QED) is 0.549. The monoisotopic (exact) mass is 391 g/mol. The number of hydrogen-bond acceptors (Lipinski definition) is 3. The zero-order valence-electron chi connectivity index (χ0n) is 16.0. The standard InChI is InChI=1S/C22H21N3O2S/c1-15-5-4-6-17-14-18(7-12-21(15)17)22-13-16(2)23-25(22)20-10-8-19(9-11-20)24-28(3,26)27/h4-14,24H,1-3H3. The van der Waals surface area contributed by atoms with Crippen LogP contribution in [-0.2, 0) is 10.0 Å². The molecule has 28 heavy (non-hydrogen) atoms. The summed E-state index contributed by atoms with van der Waals surface area (Å²) in [6, 6.07) is 22.0. The first-order valence-electron chi connectivity index (χ1n) is 8.95. The minimum absolute atomic E-state index is 0.526. The predicted molar refractivity (Wildman–Crippen MR) is 114 cm³/mol. The first-order chi connectivity index (χ1) is 13.3. The van der Waals surface area contributed by atoms with Crippen LogP contribution in [0.1, 0.15) is 11.3 Å². The van der Waals surface area contributed by atoms with Gasteiger partial charge in [0.2, 0.25) is 10.0 Å². The zero-order chi connectivity index (χ0) is 19.9. The molecule has 142 valence electrons. The molecule has 6 heteroatoms. The van der Waals surface area contributed by atoms with Crippen LogP contribution >= 0.6 is 0 Å². The molecule has 0 radical (unpaired) electrons. The highest BCUT2D eigenvalue weighted by Crippen LogP contribution is 2.29. The van der Waals surface area contributed by atoms with Gasteiger partial charge in [-0.2, -0.15) is 5.10 Å². The molecular formula is C22H21N3O2S. The van der Waals surface area contributed by atoms with Crippen molar-refractivity contribution in [3.8, 4) is 16.9 Å². The van der Waals surface area contributed by atoms with E-state index in [0.717, 1.165) is 28.9 Å². The van der Waals surface area contributed by atoms with Crippen molar-refractivity contribution in [3.05, 3.63) is 78.0 Å². The number of rotatable bonds is 4. The van der Waals surface area contributed by atoms with E-state index in [9.17, 15) is 8.42 Å². The lowest BCUT2D eigenvalue weighted by Crippen LogP contribution is -2.09. The molecule has 1 aromatic heterocycles. The number of benzene rings is 3. The minimum Gasteiger partial charge on any atom is -0.284 e. The Morgan fingerprint density at radius 3 is 2.39 bits per heavy atom. The van der Waals surface area contributed by atoms with Crippen molar-refractivity contribution < 1.29 is 8.42 Å². The van der Waals surface area contributed by atoms with Crippen LogP contribution in [0.2, 0.25) is 0 Å². The molecule has 4 aromatic rings. The highest BCUT2D eigenvalue weighted by atomic mass is 32.2. The summed E-state index contributed by atoms with van der Waals surface area (Å²) in [7, 11) is -3.30. The molecule has 1 N–H and O–H groups in total. The zero-order valence-corrected chi connectivity index (χ0v) is 16.8. The molecule has 0 atom stereocenters. The van der Waals surface area contributed by atoms with Crippen LogP contribution in [0, 0.1) is 13.8 Å². The number of sulfonamides is 1. The van der Waals surface area contributed by atoms with E-state index in [0.29, 0.717) is 5.69 Å². The van der Waals surface area contributed by atoms with Crippen LogP contribution in [0.15, 0.2) is 66.7 Å². The normalized spacial score (nSPS) is 11.7. The summed E-state index contributed by atoms with van der Waals surface area (Å²) in [4.78, 5) is 0. The second kappa shape index (κ2) is 6.80. The smallest absolute Gasteiger partial charge is 0.229 e. The van der Waals surface area contributed by atoms with Crippen molar-refractivity contribution in [3.63, 3.8) is 0 Å². The van der Waals surface area contributed by atoms with E-state index in [1.807, 2.05) is 23.7 Å². The van der Waals surface area contributed by atoms with Crippen LogP contribution < -0.4 is 4.72 Å². The summed E-state index contributed by atoms with van der Waals surface area (Å²) in [5, 5.41) is 7.07. The summed E-state index contributed by atoms with van der Waals surface area (Å²) in [6.07, 6.45) is 1.14. The Bertz CT molecular complexity index is 1270. The lowest BCUT2D eigenvalue weighted by atomic mass is 10.0. The molecule has 0 aliphatic carbocycles. The summed E-state index contributed by atoms with van der Waals surface area (Å²) >= 11 is 0. The molecule has 0 saturated heterocycles. The van der Waals surface area contributed by atoms with Gasteiger partial charge >= 0.3 is 0 Å². The van der Waals surface area contributed by atoms with E-state index in [4.69, 9.17) is 0 Å². The van der Waals surface area contributed by atoms with Gasteiger partial charge in [-0.1, -0.05) is 30.3 Å². The summed E-state index contributed by atoms with van der Waals surface area (Å²) in [5.74, 6) is 0. The molecule has 0 saturated carbocycles. The van der Waals surface area contributed by atoms with Crippen LogP contribution in [0.5, 0.6) is 0 Å². The van der Waals surface area contributed by atoms with Gasteiger partial charge in [-0.15, -0.1) is 0 Å². The molecule has 0 amide bonds. The second-order valence-electron chi connectivity index (χ2n) is 7.01. The van der Waals surface area contributed by atoms with Crippen molar-refractivity contribution >= 4 is 26.5 Å². The minimum atomic E-state index is -3.30. The van der Waals surface area contributed by atoms with Gasteiger partial charge in [0.25, 0.3) is 0 Å². The summed E-state index contributed by atoms with van der Waals surface area (Å²) in [6.45, 7) is 4.08. The van der Waals surface area contributed by atoms with Crippen LogP contribution in [0.3, 0.4) is 0 Å². The Morgan fingerprint density at radius 1 is 0.929 bits per heavy atom. The van der Waals surface area contributed by atoms with Gasteiger partial charge in [-0.3, -0.25) is 4.72 Å². The largest absolute Gasteiger partial charge is 0.284 e. The third-order valence-corrected chi connectivity index (χ3v) is 5.25. The number of hydrogen-bond donors (Lipinski definition) is 1. The molecule has 1 heterocycles. The lowest BCUT2D eigenvalue weighted by molar-refractivity contribution is 0.607. The number of aryl methyl sites for hydroxylation is 2. The molecule has 5 nitrogen and oxygen atoms in total. The molecule has 0 fully saturated rings. The summed E-state index contributed by atoms with van der Waals surface area (Å²) in [5.41, 5.74) is 5.63. The van der Waals surface area contributed by atoms with E-state index >= 15 is 0 Å². The van der Waals surface area contributed by atoms with Gasteiger partial charge in [0, 0.05) is 11.3 Å². The third kappa shape index (κ3) is 3.64. The fourth-order valence-corrected chi connectivity index (χ4v) is 3.96. The Labute approximate surface area is 164 Å². The van der Waals surface area contributed by atoms with Crippen molar-refractivity contribution in [2.24, 2.45) is 0 Å². The molecular weight excluding hydrogens is 370 g/mol. The SMILES string of the molecule is Cc1cc(-c2ccc3c(C)cccc3c2)n(-c2ccc(NS(C)(=O)=O)cc2)n1. The molecule has 0 bridgehead atoms. The Balaban J connectivity index is 1.77. The number of fused-ring (bicyclic) bond motifs is 1. The number of anilines is 1. The van der Waals surface area contributed by atoms with Crippen molar-refractivity contribution in [2.75, 3.05) is 11.0 Å². The first-order valence-corrected chi connectivity index (χ1v) is 10.8. The summed E-state index contributed by atoms with van der Waals surface area (Å²) < 4.78 is 27.2. The highest BCUT2D eigenvalue weighted by Gasteiger charge is 2.11. The Kier molecular flexibility index (Phi) is 4.43. The van der Waals surface area contributed by atoms with Crippen molar-refractivity contribution in [2.45, 2.75) is 13.8 Å². The highest BCUT2D eigenvalue weighted by molar-refractivity contribution is 7.92. The molecule has 3 aromatic carbocycles. The predicted octanol–water partition coefficient (Wildman–Crippen LogP) is 4.68. The van der Waals surface area contributed by atoms with E-state index in [2.05, 4.69) is 59.2 Å². The maximum absolute atomic E-state index is 11.4. The van der Waals surface area contributed by atoms with Gasteiger partial charge in [0.05, 0.1) is 23.3 Å². The van der Waals surface area contributed by atoms with Gasteiger partial charge in [-0.05, 0) is 66.6 Å². The first kappa shape index (κ1) is 18.3. The third-order valence-electron chi connectivity index (χ3n) is 4.64. The van der Waals surface area contributed by atoms with Crippen LogP contribution in [0.25, 0.3) is 27.7 Å². The second-order valence-corrected chi connectivity index (χ2v) is 8.76. The average molecular weight is 391 g/mol. The van der Waals surface area contributed by atoms with Gasteiger partial charge in [0.15, 0.2) is 0 Å². The Hall–Kier alpha value is -3.12. The number of nitrogens with zero attached hydrogens (tertiary/aromatic N) is 2. The number of nitrogens with one attached hydrogen (secondary N) is 1. The van der Waals surface area contributed by atoms with E-state index in [-0.39, 0.29) is 0 Å². The van der Waals surface area contributed by atoms with Crippen LogP contribution in [0.4, 0.5) is 5.69 Å². The van der Waals surface area contributed by atoms with Crippen molar-refractivity contribution in [1.82, 2.24) is 9.78 Å². The maximum Gasteiger partial charge on any atom is 0.229 e.